The summed E-state index contributed by atoms with van der Waals surface area (Å²) in [5.41, 5.74) is 0.934. The number of nitrogens with one attached hydrogen (secondary N) is 1. The first-order chi connectivity index (χ1) is 8.58. The number of aliphatic hydroxyl groups is 3. The van der Waals surface area contributed by atoms with E-state index in [4.69, 9.17) is 15.1 Å². The number of aliphatic hydroxyl groups excluding tert-OH is 3. The molecular weight excluding hydrogens is 251 g/mol. The highest BCUT2D eigenvalue weighted by atomic mass is 16.8. The van der Waals surface area contributed by atoms with Crippen molar-refractivity contribution in [3.63, 3.8) is 0 Å². The molecule has 0 aromatic carbocycles. The van der Waals surface area contributed by atoms with E-state index in [0.29, 0.717) is 0 Å². The van der Waals surface area contributed by atoms with Gasteiger partial charge in [-0.25, -0.2) is 4.79 Å². The van der Waals surface area contributed by atoms with Crippen LogP contribution in [0.25, 0.3) is 0 Å². The molecular formula is C9H13N3O6. The van der Waals surface area contributed by atoms with Crippen LogP contribution in [0.4, 0.5) is 5.82 Å². The Labute approximate surface area is 101 Å². The highest BCUT2D eigenvalue weighted by Gasteiger charge is 2.43. The second kappa shape index (κ2) is 5.00. The van der Waals surface area contributed by atoms with Crippen LogP contribution in [0.3, 0.4) is 0 Å². The van der Waals surface area contributed by atoms with Gasteiger partial charge in [0.15, 0.2) is 12.0 Å². The minimum Gasteiger partial charge on any atom is -0.394 e. The van der Waals surface area contributed by atoms with Crippen LogP contribution in [0.5, 0.6) is 0 Å². The van der Waals surface area contributed by atoms with Gasteiger partial charge in [-0.3, -0.25) is 15.3 Å². The zero-order valence-electron chi connectivity index (χ0n) is 9.17. The molecule has 0 unspecified atom stereocenters. The third-order valence-electron chi connectivity index (χ3n) is 2.74. The summed E-state index contributed by atoms with van der Waals surface area (Å²) in [6.45, 7) is -0.479. The number of ether oxygens (including phenoxy) is 1. The number of hydrogen-bond donors (Lipinski definition) is 5. The van der Waals surface area contributed by atoms with E-state index in [0.717, 1.165) is 4.57 Å². The first kappa shape index (κ1) is 12.9. The third kappa shape index (κ3) is 2.09. The lowest BCUT2D eigenvalue weighted by atomic mass is 10.6. The molecule has 1 aliphatic heterocycles. The molecule has 1 aromatic heterocycles. The molecule has 2 rings (SSSR count). The quantitative estimate of drug-likeness (QED) is 0.302. The smallest absolute Gasteiger partial charge is 0.351 e. The Bertz CT molecular complexity index is 478. The number of anilines is 1. The van der Waals surface area contributed by atoms with E-state index in [1.165, 1.54) is 12.3 Å². The van der Waals surface area contributed by atoms with Crippen LogP contribution in [-0.4, -0.2) is 55.0 Å². The fraction of sp³-hybridized carbons (Fsp3) is 0.556. The molecule has 0 saturated carbocycles. The van der Waals surface area contributed by atoms with Crippen LogP contribution in [0, 0.1) is 0 Å². The van der Waals surface area contributed by atoms with Gasteiger partial charge < -0.3 is 20.1 Å². The van der Waals surface area contributed by atoms with Crippen LogP contribution in [0.2, 0.25) is 0 Å². The summed E-state index contributed by atoms with van der Waals surface area (Å²) in [5, 5.41) is 36.8. The van der Waals surface area contributed by atoms with Gasteiger partial charge in [-0.05, 0) is 6.07 Å². The van der Waals surface area contributed by atoms with Crippen LogP contribution < -0.4 is 11.2 Å². The van der Waals surface area contributed by atoms with Crippen LogP contribution in [-0.2, 0) is 4.74 Å². The molecule has 100 valence electrons. The Kier molecular flexibility index (Phi) is 3.59. The Hall–Kier alpha value is -1.52. The number of aromatic nitrogens is 2. The van der Waals surface area contributed by atoms with E-state index >= 15 is 0 Å². The summed E-state index contributed by atoms with van der Waals surface area (Å²) in [6, 6.07) is 1.29. The molecule has 9 nitrogen and oxygen atoms in total. The van der Waals surface area contributed by atoms with Crippen molar-refractivity contribution in [1.82, 2.24) is 9.55 Å². The van der Waals surface area contributed by atoms with Gasteiger partial charge in [-0.2, -0.15) is 4.98 Å². The first-order valence-electron chi connectivity index (χ1n) is 5.20. The van der Waals surface area contributed by atoms with Gasteiger partial charge >= 0.3 is 5.69 Å². The minimum absolute atomic E-state index is 0.0528. The van der Waals surface area contributed by atoms with Crippen molar-refractivity contribution in [1.29, 1.82) is 0 Å². The maximum absolute atomic E-state index is 11.6. The summed E-state index contributed by atoms with van der Waals surface area (Å²) >= 11 is 0. The van der Waals surface area contributed by atoms with Gasteiger partial charge in [0.05, 0.1) is 6.61 Å². The average molecular weight is 264 g/mol. The molecule has 0 radical (unpaired) electrons. The molecule has 1 aromatic rings. The summed E-state index contributed by atoms with van der Waals surface area (Å²) in [5.74, 6) is -0.0528. The van der Waals surface area contributed by atoms with Crippen molar-refractivity contribution in [3.8, 4) is 0 Å². The number of hydrogen-bond acceptors (Lipinski definition) is 8. The first-order valence-corrected chi connectivity index (χ1v) is 5.20. The lowest BCUT2D eigenvalue weighted by Crippen LogP contribution is -2.36. The molecule has 18 heavy (non-hydrogen) atoms. The van der Waals surface area contributed by atoms with Crippen LogP contribution >= 0.6 is 0 Å². The molecule has 0 aliphatic carbocycles. The van der Waals surface area contributed by atoms with Crippen LogP contribution in [0.15, 0.2) is 17.1 Å². The Morgan fingerprint density at radius 1 is 1.44 bits per heavy atom. The molecule has 9 heteroatoms. The summed E-state index contributed by atoms with van der Waals surface area (Å²) in [6.07, 6.45) is -3.50. The maximum atomic E-state index is 11.6. The predicted molar refractivity (Wildman–Crippen MR) is 56.9 cm³/mol. The Morgan fingerprint density at radius 2 is 2.17 bits per heavy atom. The normalized spacial score (nSPS) is 31.6. The standard InChI is InChI=1S/C9H13N3O6/c13-3-4-6(14)7(15)8(18-4)12-2-1-5(11-17)10-9(12)16/h1-2,4,6-8,13-15,17H,3H2,(H,10,11,16)/t4-,6-,7-,8-/m1/s1/i3+1,4+1,6+1,7+1,8+1. The van der Waals surface area contributed by atoms with Crippen molar-refractivity contribution in [2.45, 2.75) is 24.5 Å². The largest absolute Gasteiger partial charge is 0.394 e. The fourth-order valence-corrected chi connectivity index (χ4v) is 1.78. The molecule has 1 saturated heterocycles. The predicted octanol–water partition coefficient (Wildman–Crippen LogP) is -2.34. The van der Waals surface area contributed by atoms with E-state index in [1.54, 1.807) is 5.48 Å². The molecule has 4 atom stereocenters. The van der Waals surface area contributed by atoms with Gasteiger partial charge in [0.25, 0.3) is 0 Å². The minimum atomic E-state index is -1.35. The highest BCUT2D eigenvalue weighted by molar-refractivity contribution is 5.28. The molecule has 2 heterocycles. The molecule has 0 spiro atoms. The summed E-state index contributed by atoms with van der Waals surface area (Å²) < 4.78 is 6.13. The van der Waals surface area contributed by atoms with Crippen molar-refractivity contribution in [2.75, 3.05) is 12.1 Å². The zero-order valence-corrected chi connectivity index (χ0v) is 9.17. The topological polar surface area (TPSA) is 137 Å². The van der Waals surface area contributed by atoms with Gasteiger partial charge in [0, 0.05) is 6.20 Å². The van der Waals surface area contributed by atoms with E-state index in [-0.39, 0.29) is 5.82 Å². The SMILES string of the molecule is O=c1nc(NO)ccn1[13C@@H]1O[13C@H]([13CH2]O)[13C@@H](O)[13C@H]1O. The van der Waals surface area contributed by atoms with Gasteiger partial charge in [-0.1, -0.05) is 0 Å². The van der Waals surface area contributed by atoms with E-state index in [9.17, 15) is 15.0 Å². The van der Waals surface area contributed by atoms with E-state index < -0.39 is 36.8 Å². The Balaban J connectivity index is 2.30. The Morgan fingerprint density at radius 3 is 2.67 bits per heavy atom. The molecule has 0 bridgehead atoms. The van der Waals surface area contributed by atoms with E-state index in [1.807, 2.05) is 0 Å². The molecule has 1 fully saturated rings. The van der Waals surface area contributed by atoms with Crippen molar-refractivity contribution < 1.29 is 25.3 Å². The summed E-state index contributed by atoms with van der Waals surface area (Å²) in [4.78, 5) is 15.1. The highest BCUT2D eigenvalue weighted by Crippen LogP contribution is 2.27. The third-order valence-corrected chi connectivity index (χ3v) is 2.74. The maximum Gasteiger partial charge on any atom is 0.351 e. The molecule has 0 amide bonds. The molecule has 1 aliphatic rings. The summed E-state index contributed by atoms with van der Waals surface area (Å²) in [7, 11) is 0. The van der Waals surface area contributed by atoms with E-state index in [2.05, 4.69) is 4.98 Å². The van der Waals surface area contributed by atoms with Crippen molar-refractivity contribution in [2.24, 2.45) is 0 Å². The lowest BCUT2D eigenvalue weighted by Gasteiger charge is -2.16. The van der Waals surface area contributed by atoms with Crippen molar-refractivity contribution in [3.05, 3.63) is 22.7 Å². The second-order valence-corrected chi connectivity index (χ2v) is 3.84. The van der Waals surface area contributed by atoms with Gasteiger partial charge in [-0.15, -0.1) is 0 Å². The molecule has 5 N–H and O–H groups in total. The monoisotopic (exact) mass is 264 g/mol. The van der Waals surface area contributed by atoms with Gasteiger partial charge in [0.2, 0.25) is 0 Å². The average Bonchev–Trinajstić information content (AvgIpc) is 2.66. The number of rotatable bonds is 3. The zero-order chi connectivity index (χ0) is 13.3. The number of nitrogens with zero attached hydrogens (tertiary/aromatic N) is 2. The van der Waals surface area contributed by atoms with Crippen LogP contribution in [0.1, 0.15) is 6.23 Å². The van der Waals surface area contributed by atoms with Gasteiger partial charge in [0.1, 0.15) is 18.3 Å². The second-order valence-electron chi connectivity index (χ2n) is 3.84. The fourth-order valence-electron chi connectivity index (χ4n) is 1.78. The van der Waals surface area contributed by atoms with Crippen molar-refractivity contribution >= 4 is 5.82 Å². The lowest BCUT2D eigenvalue weighted by molar-refractivity contribution is -0.0549.